The lowest BCUT2D eigenvalue weighted by atomic mass is 9.96. The van der Waals surface area contributed by atoms with Crippen molar-refractivity contribution >= 4 is 17.2 Å². The van der Waals surface area contributed by atoms with E-state index in [9.17, 15) is 4.79 Å². The molecule has 1 fully saturated rings. The average molecular weight is 397 g/mol. The number of nitrogens with zero attached hydrogens (tertiary/aromatic N) is 3. The standard InChI is InChI=1S/C20H19N3O4S/c1-12-6-9-28-17(12)20(24)23-7-4-13(5-8-23)19-21-18(22-27-19)14-2-3-15-16(10-14)26-11-25-15/h2-3,6,9-10,13H,4-5,7-8,11H2,1H3. The molecule has 0 bridgehead atoms. The zero-order valence-corrected chi connectivity index (χ0v) is 16.2. The highest BCUT2D eigenvalue weighted by Gasteiger charge is 2.29. The van der Waals surface area contributed by atoms with E-state index < -0.39 is 0 Å². The summed E-state index contributed by atoms with van der Waals surface area (Å²) >= 11 is 1.51. The number of amides is 1. The fourth-order valence-corrected chi connectivity index (χ4v) is 4.51. The smallest absolute Gasteiger partial charge is 0.264 e. The number of piperidine rings is 1. The van der Waals surface area contributed by atoms with Crippen molar-refractivity contribution in [3.05, 3.63) is 46.0 Å². The van der Waals surface area contributed by atoms with Crippen LogP contribution in [-0.2, 0) is 0 Å². The lowest BCUT2D eigenvalue weighted by molar-refractivity contribution is 0.0709. The Labute approximate surface area is 165 Å². The number of hydrogen-bond donors (Lipinski definition) is 0. The zero-order chi connectivity index (χ0) is 19.1. The Kier molecular flexibility index (Phi) is 4.27. The van der Waals surface area contributed by atoms with Crippen LogP contribution in [0.2, 0.25) is 0 Å². The number of ether oxygens (including phenoxy) is 2. The van der Waals surface area contributed by atoms with Crippen LogP contribution in [0.15, 0.2) is 34.2 Å². The fraction of sp³-hybridized carbons (Fsp3) is 0.350. The summed E-state index contributed by atoms with van der Waals surface area (Å²) in [4.78, 5) is 20.0. The van der Waals surface area contributed by atoms with Gasteiger partial charge in [0.1, 0.15) is 0 Å². The van der Waals surface area contributed by atoms with Gasteiger partial charge in [-0.15, -0.1) is 11.3 Å². The Bertz CT molecular complexity index is 1020. The van der Waals surface area contributed by atoms with Crippen molar-refractivity contribution in [3.8, 4) is 22.9 Å². The Hall–Kier alpha value is -2.87. The van der Waals surface area contributed by atoms with E-state index in [0.717, 1.165) is 34.6 Å². The number of aromatic nitrogens is 2. The molecule has 2 aromatic heterocycles. The van der Waals surface area contributed by atoms with Crippen LogP contribution in [-0.4, -0.2) is 40.8 Å². The fourth-order valence-electron chi connectivity index (χ4n) is 3.62. The molecule has 1 amide bonds. The molecule has 1 aromatic carbocycles. The number of thiophene rings is 1. The lowest BCUT2D eigenvalue weighted by Crippen LogP contribution is -2.37. The average Bonchev–Trinajstić information content (AvgIpc) is 3.47. The summed E-state index contributed by atoms with van der Waals surface area (Å²) in [6.45, 7) is 3.61. The molecule has 0 atom stereocenters. The van der Waals surface area contributed by atoms with Crippen molar-refractivity contribution in [1.29, 1.82) is 0 Å². The monoisotopic (exact) mass is 397 g/mol. The van der Waals surface area contributed by atoms with Gasteiger partial charge in [0.15, 0.2) is 11.5 Å². The van der Waals surface area contributed by atoms with Gasteiger partial charge in [-0.05, 0) is 55.0 Å². The van der Waals surface area contributed by atoms with Crippen LogP contribution in [0.3, 0.4) is 0 Å². The summed E-state index contributed by atoms with van der Waals surface area (Å²) in [5.41, 5.74) is 1.88. The number of fused-ring (bicyclic) bond motifs is 1. The minimum absolute atomic E-state index is 0.123. The van der Waals surface area contributed by atoms with Gasteiger partial charge in [0.05, 0.1) is 4.88 Å². The molecule has 0 N–H and O–H groups in total. The van der Waals surface area contributed by atoms with Gasteiger partial charge >= 0.3 is 0 Å². The molecule has 0 saturated carbocycles. The van der Waals surface area contributed by atoms with Crippen LogP contribution in [0.4, 0.5) is 0 Å². The van der Waals surface area contributed by atoms with E-state index in [-0.39, 0.29) is 18.6 Å². The van der Waals surface area contributed by atoms with Crippen LogP contribution < -0.4 is 9.47 Å². The first-order valence-electron chi connectivity index (χ1n) is 9.26. The quantitative estimate of drug-likeness (QED) is 0.668. The van der Waals surface area contributed by atoms with Crippen molar-refractivity contribution in [3.63, 3.8) is 0 Å². The highest BCUT2D eigenvalue weighted by atomic mass is 32.1. The number of hydrogen-bond acceptors (Lipinski definition) is 7. The number of benzene rings is 1. The van der Waals surface area contributed by atoms with Gasteiger partial charge in [0, 0.05) is 24.6 Å². The van der Waals surface area contributed by atoms with E-state index in [1.165, 1.54) is 11.3 Å². The Morgan fingerprint density at radius 1 is 1.18 bits per heavy atom. The Morgan fingerprint density at radius 2 is 2.00 bits per heavy atom. The summed E-state index contributed by atoms with van der Waals surface area (Å²) in [5.74, 6) is 2.89. The second-order valence-corrected chi connectivity index (χ2v) is 7.94. The van der Waals surface area contributed by atoms with Crippen LogP contribution in [0, 0.1) is 6.92 Å². The molecule has 8 heteroatoms. The number of carbonyl (C=O) groups is 1. The summed E-state index contributed by atoms with van der Waals surface area (Å²) in [7, 11) is 0. The lowest BCUT2D eigenvalue weighted by Gasteiger charge is -2.30. The van der Waals surface area contributed by atoms with Gasteiger partial charge in [0.25, 0.3) is 5.91 Å². The molecule has 0 unspecified atom stereocenters. The molecular formula is C20H19N3O4S. The minimum atomic E-state index is 0.123. The predicted octanol–water partition coefficient (Wildman–Crippen LogP) is 3.86. The number of likely N-dealkylation sites (tertiary alicyclic amines) is 1. The van der Waals surface area contributed by atoms with Gasteiger partial charge in [-0.1, -0.05) is 5.16 Å². The van der Waals surface area contributed by atoms with Gasteiger partial charge in [-0.3, -0.25) is 4.79 Å². The maximum Gasteiger partial charge on any atom is 0.264 e. The third-order valence-corrected chi connectivity index (χ3v) is 6.26. The summed E-state index contributed by atoms with van der Waals surface area (Å²) in [5, 5.41) is 6.10. The van der Waals surface area contributed by atoms with E-state index in [1.807, 2.05) is 41.5 Å². The highest BCUT2D eigenvalue weighted by molar-refractivity contribution is 7.12. The SMILES string of the molecule is Cc1ccsc1C(=O)N1CCC(c2nc(-c3ccc4c(c3)OCO4)no2)CC1. The zero-order valence-electron chi connectivity index (χ0n) is 15.4. The molecule has 5 rings (SSSR count). The molecule has 28 heavy (non-hydrogen) atoms. The van der Waals surface area contributed by atoms with Crippen molar-refractivity contribution in [1.82, 2.24) is 15.0 Å². The molecule has 3 aromatic rings. The summed E-state index contributed by atoms with van der Waals surface area (Å²) in [6, 6.07) is 7.60. The van der Waals surface area contributed by atoms with E-state index in [0.29, 0.717) is 30.6 Å². The van der Waals surface area contributed by atoms with E-state index in [4.69, 9.17) is 14.0 Å². The molecule has 0 spiro atoms. The minimum Gasteiger partial charge on any atom is -0.454 e. The second-order valence-electron chi connectivity index (χ2n) is 7.02. The van der Waals surface area contributed by atoms with E-state index in [1.54, 1.807) is 0 Å². The summed E-state index contributed by atoms with van der Waals surface area (Å²) < 4.78 is 16.3. The molecular weight excluding hydrogens is 378 g/mol. The number of aryl methyl sites for hydroxylation is 1. The first kappa shape index (κ1) is 17.2. The van der Waals surface area contributed by atoms with Gasteiger partial charge in [-0.2, -0.15) is 4.98 Å². The Balaban J connectivity index is 1.26. The normalized spacial score (nSPS) is 16.5. The van der Waals surface area contributed by atoms with Gasteiger partial charge in [0.2, 0.25) is 18.5 Å². The summed E-state index contributed by atoms with van der Waals surface area (Å²) in [6.07, 6.45) is 1.64. The molecule has 2 aliphatic rings. The van der Waals surface area contributed by atoms with Crippen molar-refractivity contribution < 1.29 is 18.8 Å². The number of rotatable bonds is 3. The molecule has 2 aliphatic heterocycles. The third kappa shape index (κ3) is 3.03. The van der Waals surface area contributed by atoms with Crippen LogP contribution in [0.25, 0.3) is 11.4 Å². The third-order valence-electron chi connectivity index (χ3n) is 5.26. The largest absolute Gasteiger partial charge is 0.454 e. The molecule has 0 radical (unpaired) electrons. The van der Waals surface area contributed by atoms with Crippen LogP contribution in [0.1, 0.15) is 39.9 Å². The van der Waals surface area contributed by atoms with Crippen molar-refractivity contribution in [2.24, 2.45) is 0 Å². The molecule has 144 valence electrons. The van der Waals surface area contributed by atoms with Crippen LogP contribution in [0.5, 0.6) is 11.5 Å². The second kappa shape index (κ2) is 6.94. The highest BCUT2D eigenvalue weighted by Crippen LogP contribution is 2.36. The first-order valence-corrected chi connectivity index (χ1v) is 10.1. The Morgan fingerprint density at radius 3 is 2.79 bits per heavy atom. The molecule has 1 saturated heterocycles. The first-order chi connectivity index (χ1) is 13.7. The molecule has 7 nitrogen and oxygen atoms in total. The van der Waals surface area contributed by atoms with E-state index in [2.05, 4.69) is 10.1 Å². The van der Waals surface area contributed by atoms with Crippen LogP contribution >= 0.6 is 11.3 Å². The maximum absolute atomic E-state index is 12.7. The van der Waals surface area contributed by atoms with Gasteiger partial charge in [-0.25, -0.2) is 0 Å². The molecule has 4 heterocycles. The maximum atomic E-state index is 12.7. The predicted molar refractivity (Wildman–Crippen MR) is 103 cm³/mol. The number of carbonyl (C=O) groups excluding carboxylic acids is 1. The molecule has 0 aliphatic carbocycles. The van der Waals surface area contributed by atoms with Gasteiger partial charge < -0.3 is 18.9 Å². The van der Waals surface area contributed by atoms with E-state index >= 15 is 0 Å². The van der Waals surface area contributed by atoms with Crippen molar-refractivity contribution in [2.45, 2.75) is 25.7 Å². The van der Waals surface area contributed by atoms with Crippen molar-refractivity contribution in [2.75, 3.05) is 19.9 Å². The topological polar surface area (TPSA) is 77.7 Å².